The molecule has 55 heavy (non-hydrogen) atoms. The first-order valence-electron chi connectivity index (χ1n) is 19.0. The molecule has 8 aromatic carbocycles. The molecule has 9 rings (SSSR count). The van der Waals surface area contributed by atoms with E-state index in [0.717, 1.165) is 44.9 Å². The lowest BCUT2D eigenvalue weighted by molar-refractivity contribution is 0.200. The molecular formula is C51H42O4. The monoisotopic (exact) mass is 718 g/mol. The summed E-state index contributed by atoms with van der Waals surface area (Å²) >= 11 is 0. The van der Waals surface area contributed by atoms with Crippen LogP contribution in [0.3, 0.4) is 0 Å². The van der Waals surface area contributed by atoms with E-state index >= 15 is 0 Å². The van der Waals surface area contributed by atoms with Gasteiger partial charge in [0, 0.05) is 0 Å². The van der Waals surface area contributed by atoms with Gasteiger partial charge in [-0.25, -0.2) is 0 Å². The number of benzene rings is 8. The van der Waals surface area contributed by atoms with E-state index in [9.17, 15) is 10.2 Å². The van der Waals surface area contributed by atoms with Gasteiger partial charge in [0.25, 0.3) is 0 Å². The predicted molar refractivity (Wildman–Crippen MR) is 224 cm³/mol. The molecule has 0 spiro atoms. The first kappa shape index (κ1) is 34.6. The van der Waals surface area contributed by atoms with Crippen molar-refractivity contribution < 1.29 is 19.7 Å². The zero-order chi connectivity index (χ0) is 37.5. The minimum absolute atomic E-state index is 0.0467. The van der Waals surface area contributed by atoms with E-state index in [0.29, 0.717) is 0 Å². The largest absolute Gasteiger partial charge is 0.491 e. The molecule has 0 aliphatic heterocycles. The van der Waals surface area contributed by atoms with Gasteiger partial charge in [-0.05, 0) is 139 Å². The summed E-state index contributed by atoms with van der Waals surface area (Å²) in [5, 5.41) is 23.9. The molecule has 1 aliphatic rings. The molecule has 4 heteroatoms. The van der Waals surface area contributed by atoms with Crippen LogP contribution in [-0.2, 0) is 5.41 Å². The highest BCUT2D eigenvalue weighted by Crippen LogP contribution is 2.58. The van der Waals surface area contributed by atoms with Gasteiger partial charge in [0.2, 0.25) is 0 Å². The Hall–Kier alpha value is -6.20. The topological polar surface area (TPSA) is 58.9 Å². The number of aliphatic hydroxyl groups excluding tert-OH is 2. The van der Waals surface area contributed by atoms with Crippen molar-refractivity contribution in [3.05, 3.63) is 191 Å². The number of rotatable bonds is 10. The summed E-state index contributed by atoms with van der Waals surface area (Å²) in [5.41, 5.74) is 13.1. The van der Waals surface area contributed by atoms with Crippen LogP contribution in [0.2, 0.25) is 0 Å². The van der Waals surface area contributed by atoms with Crippen molar-refractivity contribution in [3.8, 4) is 44.9 Å². The number of hydrogen-bond donors (Lipinski definition) is 2. The van der Waals surface area contributed by atoms with Crippen LogP contribution in [-0.4, -0.2) is 36.6 Å². The summed E-state index contributed by atoms with van der Waals surface area (Å²) in [7, 11) is 0. The first-order chi connectivity index (χ1) is 27.0. The van der Waals surface area contributed by atoms with E-state index < -0.39 is 5.41 Å². The number of aliphatic hydroxyl groups is 2. The van der Waals surface area contributed by atoms with Crippen molar-refractivity contribution in [2.24, 2.45) is 0 Å². The van der Waals surface area contributed by atoms with Gasteiger partial charge in [-0.15, -0.1) is 0 Å². The molecule has 1 aliphatic carbocycles. The van der Waals surface area contributed by atoms with Gasteiger partial charge in [-0.1, -0.05) is 121 Å². The summed E-state index contributed by atoms with van der Waals surface area (Å²) in [6, 6.07) is 57.3. The third kappa shape index (κ3) is 5.95. The highest BCUT2D eigenvalue weighted by atomic mass is 16.5. The van der Waals surface area contributed by atoms with Gasteiger partial charge >= 0.3 is 0 Å². The molecule has 0 saturated heterocycles. The van der Waals surface area contributed by atoms with Crippen molar-refractivity contribution >= 4 is 21.5 Å². The summed E-state index contributed by atoms with van der Waals surface area (Å²) in [5.74, 6) is 1.52. The minimum atomic E-state index is -0.672. The Morgan fingerprint density at radius 3 is 1.24 bits per heavy atom. The fourth-order valence-electron chi connectivity index (χ4n) is 8.62. The lowest BCUT2D eigenvalue weighted by Gasteiger charge is -2.35. The molecule has 0 amide bonds. The third-order valence-electron chi connectivity index (χ3n) is 11.2. The molecule has 0 heterocycles. The molecule has 8 aromatic rings. The van der Waals surface area contributed by atoms with Crippen molar-refractivity contribution in [2.45, 2.75) is 19.3 Å². The molecule has 0 bridgehead atoms. The van der Waals surface area contributed by atoms with Crippen molar-refractivity contribution in [1.82, 2.24) is 0 Å². The Labute approximate surface area is 321 Å². The van der Waals surface area contributed by atoms with E-state index in [1.165, 1.54) is 54.9 Å². The van der Waals surface area contributed by atoms with Gasteiger partial charge in [0.05, 0.1) is 18.6 Å². The van der Waals surface area contributed by atoms with Crippen molar-refractivity contribution in [2.75, 3.05) is 26.4 Å². The summed E-state index contributed by atoms with van der Waals surface area (Å²) in [6.07, 6.45) is 0. The van der Waals surface area contributed by atoms with Crippen LogP contribution in [0.25, 0.3) is 54.9 Å². The molecule has 0 atom stereocenters. The smallest absolute Gasteiger partial charge is 0.122 e. The first-order valence-corrected chi connectivity index (χ1v) is 19.0. The lowest BCUT2D eigenvalue weighted by Crippen LogP contribution is -2.29. The maximum atomic E-state index is 9.52. The van der Waals surface area contributed by atoms with E-state index in [2.05, 4.69) is 159 Å². The summed E-state index contributed by atoms with van der Waals surface area (Å²) in [4.78, 5) is 0. The van der Waals surface area contributed by atoms with Gasteiger partial charge in [-0.3, -0.25) is 0 Å². The van der Waals surface area contributed by atoms with Gasteiger partial charge in [0.1, 0.15) is 24.7 Å². The molecule has 0 saturated carbocycles. The average molecular weight is 719 g/mol. The highest BCUT2D eigenvalue weighted by molar-refractivity contribution is 5.94. The molecule has 0 aromatic heterocycles. The maximum absolute atomic E-state index is 9.52. The standard InChI is InChI=1S/C51H42O4/c1-33-27-43(17-21-49(33)54-25-23-52)51(44-18-22-50(34(2)28-44)55-26-24-53)47-19-15-41(39-13-11-35-7-3-5-9-37(35)29-39)31-45(47)46-32-42(16-20-48(46)51)40-14-12-36-8-4-6-10-38(36)30-40/h3-22,27-32,52-53H,23-26H2,1-2H3. The van der Waals surface area contributed by atoms with E-state index in [1.807, 2.05) is 12.1 Å². The minimum Gasteiger partial charge on any atom is -0.491 e. The molecule has 0 unspecified atom stereocenters. The Morgan fingerprint density at radius 1 is 0.418 bits per heavy atom. The zero-order valence-electron chi connectivity index (χ0n) is 31.1. The van der Waals surface area contributed by atoms with Crippen molar-refractivity contribution in [1.29, 1.82) is 0 Å². The van der Waals surface area contributed by atoms with Crippen LogP contribution in [0.4, 0.5) is 0 Å². The number of hydrogen-bond acceptors (Lipinski definition) is 4. The third-order valence-corrected chi connectivity index (χ3v) is 11.2. The molecule has 270 valence electrons. The normalized spacial score (nSPS) is 12.8. The zero-order valence-corrected chi connectivity index (χ0v) is 31.1. The fraction of sp³-hybridized carbons (Fsp3) is 0.137. The average Bonchev–Trinajstić information content (AvgIpc) is 3.52. The predicted octanol–water partition coefficient (Wildman–Crippen LogP) is 11.0. The van der Waals surface area contributed by atoms with Gasteiger partial charge < -0.3 is 19.7 Å². The van der Waals surface area contributed by atoms with E-state index in [1.54, 1.807) is 0 Å². The molecule has 0 fully saturated rings. The Morgan fingerprint density at radius 2 is 0.818 bits per heavy atom. The van der Waals surface area contributed by atoms with Crippen LogP contribution < -0.4 is 9.47 Å². The second-order valence-corrected chi connectivity index (χ2v) is 14.5. The Bertz CT molecular complexity index is 2540. The molecular weight excluding hydrogens is 677 g/mol. The van der Waals surface area contributed by atoms with Gasteiger partial charge in [0.15, 0.2) is 0 Å². The Kier molecular flexibility index (Phi) is 8.94. The second kappa shape index (κ2) is 14.2. The van der Waals surface area contributed by atoms with Crippen LogP contribution in [0.1, 0.15) is 33.4 Å². The van der Waals surface area contributed by atoms with Gasteiger partial charge in [-0.2, -0.15) is 0 Å². The Balaban J connectivity index is 1.31. The van der Waals surface area contributed by atoms with E-state index in [-0.39, 0.29) is 26.4 Å². The fourth-order valence-corrected chi connectivity index (χ4v) is 8.62. The number of fused-ring (bicyclic) bond motifs is 5. The summed E-state index contributed by atoms with van der Waals surface area (Å²) < 4.78 is 11.9. The van der Waals surface area contributed by atoms with Crippen LogP contribution in [0, 0.1) is 13.8 Å². The van der Waals surface area contributed by atoms with Crippen LogP contribution in [0.5, 0.6) is 11.5 Å². The number of ether oxygens (including phenoxy) is 2. The van der Waals surface area contributed by atoms with E-state index in [4.69, 9.17) is 9.47 Å². The van der Waals surface area contributed by atoms with Crippen LogP contribution in [0.15, 0.2) is 158 Å². The number of aryl methyl sites for hydroxylation is 2. The second-order valence-electron chi connectivity index (χ2n) is 14.5. The molecule has 2 N–H and O–H groups in total. The SMILES string of the molecule is Cc1cc(C2(c3ccc(OCCO)c(C)c3)c3ccc(-c4ccc5ccccc5c4)cc3-c3cc(-c4ccc5ccccc5c4)ccc32)ccc1OCCO. The quantitative estimate of drug-likeness (QED) is 0.148. The van der Waals surface area contributed by atoms with Crippen molar-refractivity contribution in [3.63, 3.8) is 0 Å². The van der Waals surface area contributed by atoms with Crippen LogP contribution >= 0.6 is 0 Å². The molecule has 4 nitrogen and oxygen atoms in total. The highest BCUT2D eigenvalue weighted by Gasteiger charge is 2.47. The summed E-state index contributed by atoms with van der Waals surface area (Å²) in [6.45, 7) is 4.53. The lowest BCUT2D eigenvalue weighted by atomic mass is 9.67. The maximum Gasteiger partial charge on any atom is 0.122 e. The molecule has 0 radical (unpaired) electrons.